The molecule has 2 aromatic heterocycles. The van der Waals surface area contributed by atoms with Crippen molar-refractivity contribution in [3.63, 3.8) is 0 Å². The van der Waals surface area contributed by atoms with Crippen LogP contribution in [0.25, 0.3) is 15.2 Å². The van der Waals surface area contributed by atoms with Gasteiger partial charge in [-0.25, -0.2) is 0 Å². The lowest BCUT2D eigenvalue weighted by Crippen LogP contribution is -2.03. The Labute approximate surface area is 153 Å². The van der Waals surface area contributed by atoms with Crippen LogP contribution < -0.4 is 0 Å². The lowest BCUT2D eigenvalue weighted by Gasteiger charge is -2.03. The molecule has 4 nitrogen and oxygen atoms in total. The average molecular weight is 367 g/mol. The Morgan fingerprint density at radius 1 is 1.12 bits per heavy atom. The van der Waals surface area contributed by atoms with Gasteiger partial charge >= 0.3 is 0 Å². The second kappa shape index (κ2) is 6.98. The molecule has 0 spiro atoms. The van der Waals surface area contributed by atoms with Crippen LogP contribution in [-0.2, 0) is 6.42 Å². The number of Topliss-reactive ketones (excluding diaryl/α,β-unsaturated/α-hetero) is 1. The Balaban J connectivity index is 1.52. The van der Waals surface area contributed by atoms with Crippen molar-refractivity contribution >= 4 is 44.1 Å². The number of thioether (sulfide) groups is 1. The van der Waals surface area contributed by atoms with E-state index in [0.29, 0.717) is 5.75 Å². The Morgan fingerprint density at radius 2 is 1.92 bits per heavy atom. The summed E-state index contributed by atoms with van der Waals surface area (Å²) in [5.74, 6) is 0.474. The van der Waals surface area contributed by atoms with Gasteiger partial charge in [0.15, 0.2) is 10.9 Å². The van der Waals surface area contributed by atoms with Crippen molar-refractivity contribution in [3.05, 3.63) is 59.7 Å². The van der Waals surface area contributed by atoms with E-state index in [1.54, 1.807) is 11.3 Å². The molecule has 25 heavy (non-hydrogen) atoms. The van der Waals surface area contributed by atoms with Gasteiger partial charge in [0, 0.05) is 5.56 Å². The highest BCUT2D eigenvalue weighted by atomic mass is 32.2. The third-order valence-electron chi connectivity index (χ3n) is 4.06. The third kappa shape index (κ3) is 3.19. The van der Waals surface area contributed by atoms with E-state index < -0.39 is 0 Å². The van der Waals surface area contributed by atoms with Gasteiger partial charge in [-0.1, -0.05) is 72.8 Å². The number of hydrogen-bond acceptors (Lipinski definition) is 5. The molecule has 0 aliphatic heterocycles. The van der Waals surface area contributed by atoms with E-state index in [2.05, 4.69) is 29.3 Å². The smallest absolute Gasteiger partial charge is 0.217 e. The second-order valence-electron chi connectivity index (χ2n) is 5.83. The molecule has 2 aromatic carbocycles. The maximum Gasteiger partial charge on any atom is 0.217 e. The third-order valence-corrected chi connectivity index (χ3v) is 6.00. The minimum absolute atomic E-state index is 0.115. The normalized spacial score (nSPS) is 11.4. The van der Waals surface area contributed by atoms with E-state index in [0.717, 1.165) is 34.0 Å². The minimum Gasteiger partial charge on any atom is -0.293 e. The summed E-state index contributed by atoms with van der Waals surface area (Å²) >= 11 is 3.05. The molecule has 0 radical (unpaired) electrons. The van der Waals surface area contributed by atoms with Crippen molar-refractivity contribution in [1.82, 2.24) is 14.6 Å². The van der Waals surface area contributed by atoms with E-state index in [4.69, 9.17) is 0 Å². The van der Waals surface area contributed by atoms with Crippen LogP contribution in [-0.4, -0.2) is 26.1 Å². The first kappa shape index (κ1) is 16.3. The molecule has 126 valence electrons. The van der Waals surface area contributed by atoms with Crippen molar-refractivity contribution in [3.8, 4) is 0 Å². The zero-order chi connectivity index (χ0) is 17.2. The number of nitrogens with zero attached hydrogens (tertiary/aromatic N) is 3. The van der Waals surface area contributed by atoms with E-state index in [-0.39, 0.29) is 5.78 Å². The maximum atomic E-state index is 12.5. The zero-order valence-corrected chi connectivity index (χ0v) is 15.4. The van der Waals surface area contributed by atoms with Crippen molar-refractivity contribution in [2.45, 2.75) is 24.9 Å². The lowest BCUT2D eigenvalue weighted by atomic mass is 10.1. The summed E-state index contributed by atoms with van der Waals surface area (Å²) in [6.45, 7) is 2.16. The fourth-order valence-electron chi connectivity index (χ4n) is 2.81. The molecule has 0 saturated carbocycles. The number of para-hydroxylation sites is 1. The van der Waals surface area contributed by atoms with Gasteiger partial charge in [-0.15, -0.1) is 10.2 Å². The van der Waals surface area contributed by atoms with Crippen LogP contribution in [0.5, 0.6) is 0 Å². The Hall–Kier alpha value is -2.18. The van der Waals surface area contributed by atoms with Crippen LogP contribution in [0.1, 0.15) is 29.3 Å². The molecule has 0 amide bonds. The fourth-order valence-corrected chi connectivity index (χ4v) is 4.67. The van der Waals surface area contributed by atoms with Crippen LogP contribution >= 0.6 is 23.1 Å². The highest BCUT2D eigenvalue weighted by Gasteiger charge is 2.14. The number of hydrogen-bond donors (Lipinski definition) is 0. The number of benzene rings is 2. The Bertz CT molecular complexity index is 1030. The first-order valence-corrected chi connectivity index (χ1v) is 10.0. The molecular formula is C19H17N3OS2. The van der Waals surface area contributed by atoms with Gasteiger partial charge in [-0.2, -0.15) is 0 Å². The Morgan fingerprint density at radius 3 is 2.72 bits per heavy atom. The monoisotopic (exact) mass is 367 g/mol. The number of fused-ring (bicyclic) bond motifs is 3. The molecule has 0 unspecified atom stereocenters. The quantitative estimate of drug-likeness (QED) is 0.360. The number of ketones is 1. The maximum absolute atomic E-state index is 12.5. The first-order chi connectivity index (χ1) is 12.3. The largest absolute Gasteiger partial charge is 0.293 e. The van der Waals surface area contributed by atoms with Gasteiger partial charge in [0.1, 0.15) is 0 Å². The molecule has 0 bridgehead atoms. The number of aryl methyl sites for hydroxylation is 1. The number of thiazole rings is 1. The van der Waals surface area contributed by atoms with Gasteiger partial charge < -0.3 is 0 Å². The van der Waals surface area contributed by atoms with Gasteiger partial charge in [-0.05, 0) is 24.1 Å². The van der Waals surface area contributed by atoms with Crippen molar-refractivity contribution in [2.24, 2.45) is 0 Å². The van der Waals surface area contributed by atoms with Gasteiger partial charge in [0.2, 0.25) is 4.96 Å². The molecule has 0 aliphatic carbocycles. The second-order valence-corrected chi connectivity index (χ2v) is 7.78. The molecule has 0 N–H and O–H groups in total. The number of rotatable bonds is 6. The highest BCUT2D eigenvalue weighted by molar-refractivity contribution is 7.99. The Kier molecular flexibility index (Phi) is 4.55. The summed E-state index contributed by atoms with van der Waals surface area (Å²) in [5.41, 5.74) is 3.12. The summed E-state index contributed by atoms with van der Waals surface area (Å²) in [5, 5.41) is 9.25. The van der Waals surface area contributed by atoms with E-state index in [1.165, 1.54) is 22.0 Å². The van der Waals surface area contributed by atoms with Crippen LogP contribution in [0.4, 0.5) is 0 Å². The first-order valence-electron chi connectivity index (χ1n) is 8.24. The van der Waals surface area contributed by atoms with E-state index in [1.807, 2.05) is 40.8 Å². The molecule has 0 saturated heterocycles. The fraction of sp³-hybridized carbons (Fsp3) is 0.211. The minimum atomic E-state index is 0.115. The number of aromatic nitrogens is 3. The van der Waals surface area contributed by atoms with Gasteiger partial charge in [0.05, 0.1) is 16.0 Å². The standard InChI is InChI=1S/C19H17N3OS2/c1-2-5-13-8-10-14(11-9-13)16(23)12-24-18-20-21-19-22(18)15-6-3-4-7-17(15)25-19/h3-4,6-11H,2,5,12H2,1H3. The van der Waals surface area contributed by atoms with Crippen LogP contribution in [0.3, 0.4) is 0 Å². The number of carbonyl (C=O) groups excluding carboxylic acids is 1. The summed E-state index contributed by atoms with van der Waals surface area (Å²) in [4.78, 5) is 13.3. The van der Waals surface area contributed by atoms with Crippen molar-refractivity contribution in [1.29, 1.82) is 0 Å². The summed E-state index contributed by atoms with van der Waals surface area (Å²) in [6.07, 6.45) is 2.16. The molecule has 0 fully saturated rings. The van der Waals surface area contributed by atoms with Crippen LogP contribution in [0.15, 0.2) is 53.7 Å². The average Bonchev–Trinajstić information content (AvgIpc) is 3.20. The summed E-state index contributed by atoms with van der Waals surface area (Å²) in [7, 11) is 0. The molecular weight excluding hydrogens is 350 g/mol. The summed E-state index contributed by atoms with van der Waals surface area (Å²) in [6, 6.07) is 16.1. The van der Waals surface area contributed by atoms with E-state index >= 15 is 0 Å². The van der Waals surface area contributed by atoms with E-state index in [9.17, 15) is 4.79 Å². The SMILES string of the molecule is CCCc1ccc(C(=O)CSc2nnc3sc4ccccc4n23)cc1. The zero-order valence-electron chi connectivity index (χ0n) is 13.8. The van der Waals surface area contributed by atoms with Gasteiger partial charge in [0.25, 0.3) is 0 Å². The lowest BCUT2D eigenvalue weighted by molar-refractivity contribution is 0.102. The molecule has 4 rings (SSSR count). The van der Waals surface area contributed by atoms with Crippen molar-refractivity contribution < 1.29 is 4.79 Å². The van der Waals surface area contributed by atoms with Crippen LogP contribution in [0, 0.1) is 0 Å². The molecule has 4 aromatic rings. The predicted molar refractivity (Wildman–Crippen MR) is 104 cm³/mol. The van der Waals surface area contributed by atoms with Crippen LogP contribution in [0.2, 0.25) is 0 Å². The van der Waals surface area contributed by atoms with Crippen molar-refractivity contribution in [2.75, 3.05) is 5.75 Å². The molecule has 0 atom stereocenters. The summed E-state index contributed by atoms with van der Waals surface area (Å²) < 4.78 is 3.20. The topological polar surface area (TPSA) is 47.3 Å². The molecule has 6 heteroatoms. The predicted octanol–water partition coefficient (Wildman–Crippen LogP) is 4.87. The van der Waals surface area contributed by atoms with Gasteiger partial charge in [-0.3, -0.25) is 9.20 Å². The number of carbonyl (C=O) groups is 1. The molecule has 0 aliphatic rings. The molecule has 2 heterocycles. The highest BCUT2D eigenvalue weighted by Crippen LogP contribution is 2.29.